The fraction of sp³-hybridized carbons (Fsp3) is 0.350. The summed E-state index contributed by atoms with van der Waals surface area (Å²) < 4.78 is 27.8. The maximum Gasteiger partial charge on any atom is 0.243 e. The summed E-state index contributed by atoms with van der Waals surface area (Å²) in [6, 6.07) is 9.55. The number of nitrogens with one attached hydrogen (secondary N) is 1. The fourth-order valence-corrected chi connectivity index (χ4v) is 5.60. The molecule has 0 spiro atoms. The predicted octanol–water partition coefficient (Wildman–Crippen LogP) is 3.75. The van der Waals surface area contributed by atoms with E-state index in [1.807, 2.05) is 44.3 Å². The highest BCUT2D eigenvalue weighted by Crippen LogP contribution is 2.34. The van der Waals surface area contributed by atoms with E-state index in [0.717, 1.165) is 35.0 Å². The third-order valence-electron chi connectivity index (χ3n) is 5.32. The van der Waals surface area contributed by atoms with Crippen molar-refractivity contribution in [2.45, 2.75) is 37.5 Å². The highest BCUT2D eigenvalue weighted by molar-refractivity contribution is 7.89. The first-order valence-electron chi connectivity index (χ1n) is 8.96. The van der Waals surface area contributed by atoms with E-state index >= 15 is 0 Å². The van der Waals surface area contributed by atoms with Crippen LogP contribution < -0.4 is 0 Å². The van der Waals surface area contributed by atoms with Crippen LogP contribution in [0.25, 0.3) is 11.0 Å². The van der Waals surface area contributed by atoms with Gasteiger partial charge in [0.25, 0.3) is 0 Å². The molecule has 0 bridgehead atoms. The van der Waals surface area contributed by atoms with Gasteiger partial charge in [0.15, 0.2) is 0 Å². The quantitative estimate of drug-likeness (QED) is 0.765. The molecule has 26 heavy (non-hydrogen) atoms. The molecule has 1 aliphatic rings. The lowest BCUT2D eigenvalue weighted by atomic mass is 9.91. The number of sulfonamides is 1. The molecular formula is C20H23N3O2S. The summed E-state index contributed by atoms with van der Waals surface area (Å²) in [5.74, 6) is 0.337. The molecule has 1 aliphatic heterocycles. The van der Waals surface area contributed by atoms with Crippen molar-refractivity contribution in [1.82, 2.24) is 14.3 Å². The van der Waals surface area contributed by atoms with E-state index in [1.54, 1.807) is 16.6 Å². The van der Waals surface area contributed by atoms with Crippen molar-refractivity contribution in [1.29, 1.82) is 0 Å². The smallest absolute Gasteiger partial charge is 0.243 e. The molecule has 1 saturated heterocycles. The van der Waals surface area contributed by atoms with Crippen molar-refractivity contribution in [3.05, 3.63) is 59.4 Å². The predicted molar refractivity (Wildman–Crippen MR) is 103 cm³/mol. The van der Waals surface area contributed by atoms with E-state index in [0.29, 0.717) is 23.9 Å². The molecule has 3 heterocycles. The molecule has 1 fully saturated rings. The second-order valence-corrected chi connectivity index (χ2v) is 9.00. The number of rotatable bonds is 3. The molecule has 6 heteroatoms. The van der Waals surface area contributed by atoms with Gasteiger partial charge >= 0.3 is 0 Å². The van der Waals surface area contributed by atoms with Crippen molar-refractivity contribution in [2.24, 2.45) is 0 Å². The second kappa shape index (κ2) is 6.52. The van der Waals surface area contributed by atoms with Crippen molar-refractivity contribution < 1.29 is 8.42 Å². The van der Waals surface area contributed by atoms with Crippen LogP contribution >= 0.6 is 0 Å². The summed E-state index contributed by atoms with van der Waals surface area (Å²) in [7, 11) is -3.44. The van der Waals surface area contributed by atoms with Gasteiger partial charge in [0.05, 0.1) is 15.9 Å². The first-order valence-corrected chi connectivity index (χ1v) is 10.4. The summed E-state index contributed by atoms with van der Waals surface area (Å²) >= 11 is 0. The Kier molecular flexibility index (Phi) is 4.32. The minimum absolute atomic E-state index is 0.337. The van der Waals surface area contributed by atoms with Crippen molar-refractivity contribution in [2.75, 3.05) is 13.1 Å². The molecule has 0 amide bonds. The highest BCUT2D eigenvalue weighted by atomic mass is 32.2. The van der Waals surface area contributed by atoms with Crippen LogP contribution in [0.1, 0.15) is 35.4 Å². The normalized spacial score (nSPS) is 17.0. The number of pyridine rings is 1. The number of hydrogen-bond donors (Lipinski definition) is 1. The van der Waals surface area contributed by atoms with Gasteiger partial charge in [0.2, 0.25) is 10.0 Å². The standard InChI is InChI=1S/C20H23N3O2S/c1-14-5-6-15(2)19(12-14)26(24,25)23-10-7-16(8-11-23)17-13-22-18-4-3-9-21-20(17)18/h3-6,9,12-13,16,22H,7-8,10-11H2,1-2H3. The summed E-state index contributed by atoms with van der Waals surface area (Å²) in [5.41, 5.74) is 5.01. The van der Waals surface area contributed by atoms with Gasteiger partial charge in [-0.05, 0) is 67.5 Å². The van der Waals surface area contributed by atoms with Crippen LogP contribution in [-0.4, -0.2) is 35.8 Å². The van der Waals surface area contributed by atoms with Crippen LogP contribution in [0.2, 0.25) is 0 Å². The molecule has 5 nitrogen and oxygen atoms in total. The number of nitrogens with zero attached hydrogens (tertiary/aromatic N) is 2. The van der Waals surface area contributed by atoms with Crippen LogP contribution in [0.4, 0.5) is 0 Å². The number of aromatic amines is 1. The van der Waals surface area contributed by atoms with Gasteiger partial charge in [-0.1, -0.05) is 12.1 Å². The van der Waals surface area contributed by atoms with Gasteiger partial charge in [-0.25, -0.2) is 8.42 Å². The maximum absolute atomic E-state index is 13.1. The molecule has 4 rings (SSSR count). The summed E-state index contributed by atoms with van der Waals surface area (Å²) in [6.45, 7) is 4.87. The summed E-state index contributed by atoms with van der Waals surface area (Å²) in [4.78, 5) is 8.20. The average Bonchev–Trinajstić information content (AvgIpc) is 3.08. The molecule has 1 aromatic carbocycles. The molecule has 3 aromatic rings. The first kappa shape index (κ1) is 17.2. The van der Waals surface area contributed by atoms with Gasteiger partial charge in [-0.3, -0.25) is 4.98 Å². The molecule has 0 atom stereocenters. The third kappa shape index (κ3) is 2.93. The van der Waals surface area contributed by atoms with E-state index < -0.39 is 10.0 Å². The largest absolute Gasteiger partial charge is 0.360 e. The second-order valence-electron chi connectivity index (χ2n) is 7.09. The Balaban J connectivity index is 1.55. The number of benzene rings is 1. The monoisotopic (exact) mass is 369 g/mol. The van der Waals surface area contributed by atoms with Gasteiger partial charge < -0.3 is 4.98 Å². The molecule has 0 saturated carbocycles. The Morgan fingerprint density at radius 2 is 1.92 bits per heavy atom. The molecular weight excluding hydrogens is 346 g/mol. The van der Waals surface area contributed by atoms with Crippen LogP contribution in [0.3, 0.4) is 0 Å². The van der Waals surface area contributed by atoms with Crippen LogP contribution in [-0.2, 0) is 10.0 Å². The maximum atomic E-state index is 13.1. The van der Waals surface area contributed by atoms with Gasteiger partial charge in [0, 0.05) is 25.5 Å². The van der Waals surface area contributed by atoms with E-state index in [4.69, 9.17) is 0 Å². The van der Waals surface area contributed by atoms with E-state index in [1.165, 1.54) is 5.56 Å². The number of fused-ring (bicyclic) bond motifs is 1. The van der Waals surface area contributed by atoms with Gasteiger partial charge in [0.1, 0.15) is 0 Å². The zero-order chi connectivity index (χ0) is 18.3. The molecule has 0 aliphatic carbocycles. The number of hydrogen-bond acceptors (Lipinski definition) is 3. The fourth-order valence-electron chi connectivity index (χ4n) is 3.82. The Morgan fingerprint density at radius 3 is 2.69 bits per heavy atom. The molecule has 0 radical (unpaired) electrons. The lowest BCUT2D eigenvalue weighted by Gasteiger charge is -2.31. The zero-order valence-electron chi connectivity index (χ0n) is 15.1. The number of aryl methyl sites for hydroxylation is 2. The van der Waals surface area contributed by atoms with E-state index in [-0.39, 0.29) is 0 Å². The number of H-pyrrole nitrogens is 1. The Hall–Kier alpha value is -2.18. The van der Waals surface area contributed by atoms with Gasteiger partial charge in [-0.15, -0.1) is 0 Å². The van der Waals surface area contributed by atoms with E-state index in [2.05, 4.69) is 9.97 Å². The Morgan fingerprint density at radius 1 is 1.15 bits per heavy atom. The van der Waals surface area contributed by atoms with Crippen LogP contribution in [0.15, 0.2) is 47.6 Å². The third-order valence-corrected chi connectivity index (χ3v) is 7.36. The van der Waals surface area contributed by atoms with Gasteiger partial charge in [-0.2, -0.15) is 4.31 Å². The Labute approximate surface area is 154 Å². The summed E-state index contributed by atoms with van der Waals surface area (Å²) in [6.07, 6.45) is 5.46. The minimum atomic E-state index is -3.44. The number of piperidine rings is 1. The SMILES string of the molecule is Cc1ccc(C)c(S(=O)(=O)N2CCC(c3c[nH]c4cccnc34)CC2)c1. The van der Waals surface area contributed by atoms with E-state index in [9.17, 15) is 8.42 Å². The zero-order valence-corrected chi connectivity index (χ0v) is 15.9. The minimum Gasteiger partial charge on any atom is -0.360 e. The van der Waals surface area contributed by atoms with Crippen molar-refractivity contribution >= 4 is 21.1 Å². The first-order chi connectivity index (χ1) is 12.5. The molecule has 0 unspecified atom stereocenters. The summed E-state index contributed by atoms with van der Waals surface area (Å²) in [5, 5.41) is 0. The molecule has 1 N–H and O–H groups in total. The lowest BCUT2D eigenvalue weighted by Crippen LogP contribution is -2.38. The number of aromatic nitrogens is 2. The highest BCUT2D eigenvalue weighted by Gasteiger charge is 2.31. The van der Waals surface area contributed by atoms with Crippen LogP contribution in [0.5, 0.6) is 0 Å². The van der Waals surface area contributed by atoms with Crippen molar-refractivity contribution in [3.63, 3.8) is 0 Å². The molecule has 136 valence electrons. The van der Waals surface area contributed by atoms with Crippen molar-refractivity contribution in [3.8, 4) is 0 Å². The molecule has 2 aromatic heterocycles. The topological polar surface area (TPSA) is 66.1 Å². The lowest BCUT2D eigenvalue weighted by molar-refractivity contribution is 0.320. The average molecular weight is 369 g/mol. The Bertz CT molecular complexity index is 1050. The van der Waals surface area contributed by atoms with Crippen LogP contribution in [0, 0.1) is 13.8 Å².